The second kappa shape index (κ2) is 4.96. The van der Waals surface area contributed by atoms with E-state index in [0.29, 0.717) is 5.82 Å². The normalized spacial score (nSPS) is 12.7. The van der Waals surface area contributed by atoms with Crippen molar-refractivity contribution in [2.75, 3.05) is 5.73 Å². The fourth-order valence-corrected chi connectivity index (χ4v) is 3.40. The summed E-state index contributed by atoms with van der Waals surface area (Å²) in [6.07, 6.45) is 4.68. The first kappa shape index (κ1) is 11.5. The Morgan fingerprint density at radius 3 is 2.67 bits per heavy atom. The van der Waals surface area contributed by atoms with Gasteiger partial charge in [-0.25, -0.2) is 4.98 Å². The van der Waals surface area contributed by atoms with Gasteiger partial charge in [0.1, 0.15) is 5.82 Å². The SMILES string of the molecule is Nc1cn(C(Cc2ccsc2)c2ccsc2)cn1. The first-order valence-electron chi connectivity index (χ1n) is 5.65. The summed E-state index contributed by atoms with van der Waals surface area (Å²) in [5.74, 6) is 0.570. The summed E-state index contributed by atoms with van der Waals surface area (Å²) >= 11 is 3.45. The van der Waals surface area contributed by atoms with Crippen LogP contribution < -0.4 is 5.73 Å². The number of hydrogen-bond donors (Lipinski definition) is 1. The summed E-state index contributed by atoms with van der Waals surface area (Å²) in [4.78, 5) is 4.12. The fraction of sp³-hybridized carbons (Fsp3) is 0.154. The molecule has 0 bridgehead atoms. The van der Waals surface area contributed by atoms with Crippen LogP contribution in [-0.4, -0.2) is 9.55 Å². The number of rotatable bonds is 4. The molecule has 1 unspecified atom stereocenters. The molecule has 0 amide bonds. The number of nitrogen functional groups attached to an aromatic ring is 1. The summed E-state index contributed by atoms with van der Waals surface area (Å²) in [5, 5.41) is 8.60. The molecule has 3 aromatic heterocycles. The molecule has 2 N–H and O–H groups in total. The van der Waals surface area contributed by atoms with Gasteiger partial charge in [0.15, 0.2) is 0 Å². The van der Waals surface area contributed by atoms with Gasteiger partial charge < -0.3 is 10.3 Å². The molecular formula is C13H13N3S2. The Bertz CT molecular complexity index is 596. The molecular weight excluding hydrogens is 262 g/mol. The molecule has 92 valence electrons. The molecule has 0 saturated heterocycles. The van der Waals surface area contributed by atoms with Gasteiger partial charge >= 0.3 is 0 Å². The van der Waals surface area contributed by atoms with E-state index in [9.17, 15) is 0 Å². The standard InChI is InChI=1S/C13H13N3S2/c14-13-6-16(9-15-13)12(11-2-4-18-8-11)5-10-1-3-17-7-10/h1-4,6-9,12H,5,14H2. The first-order valence-corrected chi connectivity index (χ1v) is 7.53. The van der Waals surface area contributed by atoms with Crippen molar-refractivity contribution >= 4 is 28.5 Å². The second-order valence-electron chi connectivity index (χ2n) is 4.15. The van der Waals surface area contributed by atoms with Gasteiger partial charge in [0.05, 0.1) is 12.4 Å². The predicted octanol–water partition coefficient (Wildman–Crippen LogP) is 3.42. The Kier molecular flexibility index (Phi) is 3.17. The smallest absolute Gasteiger partial charge is 0.141 e. The molecule has 0 aromatic carbocycles. The molecule has 0 fully saturated rings. The van der Waals surface area contributed by atoms with E-state index in [1.165, 1.54) is 11.1 Å². The van der Waals surface area contributed by atoms with Crippen molar-refractivity contribution in [1.82, 2.24) is 9.55 Å². The Morgan fingerprint density at radius 1 is 1.22 bits per heavy atom. The molecule has 3 nitrogen and oxygen atoms in total. The molecule has 18 heavy (non-hydrogen) atoms. The van der Waals surface area contributed by atoms with Crippen molar-refractivity contribution in [3.63, 3.8) is 0 Å². The number of anilines is 1. The fourth-order valence-electron chi connectivity index (χ4n) is 2.02. The van der Waals surface area contributed by atoms with Crippen LogP contribution in [0.4, 0.5) is 5.82 Å². The second-order valence-corrected chi connectivity index (χ2v) is 5.71. The van der Waals surface area contributed by atoms with Crippen LogP contribution in [0, 0.1) is 0 Å². The van der Waals surface area contributed by atoms with Crippen LogP contribution in [0.1, 0.15) is 17.2 Å². The highest BCUT2D eigenvalue weighted by Crippen LogP contribution is 2.26. The maximum atomic E-state index is 5.72. The van der Waals surface area contributed by atoms with E-state index in [2.05, 4.69) is 43.2 Å². The van der Waals surface area contributed by atoms with Crippen molar-refractivity contribution in [1.29, 1.82) is 0 Å². The zero-order valence-electron chi connectivity index (χ0n) is 9.69. The topological polar surface area (TPSA) is 43.8 Å². The van der Waals surface area contributed by atoms with E-state index in [-0.39, 0.29) is 6.04 Å². The van der Waals surface area contributed by atoms with Crippen molar-refractivity contribution in [2.24, 2.45) is 0 Å². The van der Waals surface area contributed by atoms with E-state index in [4.69, 9.17) is 5.73 Å². The largest absolute Gasteiger partial charge is 0.382 e. The van der Waals surface area contributed by atoms with Gasteiger partial charge in [-0.3, -0.25) is 0 Å². The average Bonchev–Trinajstić information content (AvgIpc) is 3.09. The van der Waals surface area contributed by atoms with Crippen LogP contribution in [0.2, 0.25) is 0 Å². The summed E-state index contributed by atoms with van der Waals surface area (Å²) in [5.41, 5.74) is 8.38. The molecule has 0 aliphatic heterocycles. The van der Waals surface area contributed by atoms with E-state index in [1.807, 2.05) is 12.5 Å². The van der Waals surface area contributed by atoms with Gasteiger partial charge in [0, 0.05) is 6.20 Å². The van der Waals surface area contributed by atoms with Crippen LogP contribution in [-0.2, 0) is 6.42 Å². The maximum absolute atomic E-state index is 5.72. The van der Waals surface area contributed by atoms with Gasteiger partial charge in [0.25, 0.3) is 0 Å². The monoisotopic (exact) mass is 275 g/mol. The lowest BCUT2D eigenvalue weighted by Gasteiger charge is -2.16. The maximum Gasteiger partial charge on any atom is 0.141 e. The van der Waals surface area contributed by atoms with E-state index >= 15 is 0 Å². The summed E-state index contributed by atoms with van der Waals surface area (Å²) in [7, 11) is 0. The van der Waals surface area contributed by atoms with Crippen molar-refractivity contribution in [3.05, 3.63) is 57.3 Å². The summed E-state index contributed by atoms with van der Waals surface area (Å²) < 4.78 is 2.09. The number of nitrogens with two attached hydrogens (primary N) is 1. The lowest BCUT2D eigenvalue weighted by molar-refractivity contribution is 0.583. The molecule has 3 aromatic rings. The number of hydrogen-bond acceptors (Lipinski definition) is 4. The molecule has 5 heteroatoms. The zero-order chi connectivity index (χ0) is 12.4. The average molecular weight is 275 g/mol. The quantitative estimate of drug-likeness (QED) is 0.793. The van der Waals surface area contributed by atoms with Gasteiger partial charge in [-0.05, 0) is 51.2 Å². The molecule has 1 atom stereocenters. The molecule has 0 saturated carbocycles. The van der Waals surface area contributed by atoms with E-state index in [0.717, 1.165) is 6.42 Å². The number of nitrogens with zero attached hydrogens (tertiary/aromatic N) is 2. The van der Waals surface area contributed by atoms with Crippen LogP contribution in [0.15, 0.2) is 46.2 Å². The van der Waals surface area contributed by atoms with Crippen LogP contribution in [0.5, 0.6) is 0 Å². The molecule has 0 aliphatic rings. The Morgan fingerprint density at radius 2 is 2.06 bits per heavy atom. The van der Waals surface area contributed by atoms with Crippen LogP contribution in [0.25, 0.3) is 0 Å². The minimum absolute atomic E-state index is 0.274. The Hall–Kier alpha value is -1.59. The van der Waals surface area contributed by atoms with Gasteiger partial charge in [-0.1, -0.05) is 0 Å². The van der Waals surface area contributed by atoms with Crippen LogP contribution >= 0.6 is 22.7 Å². The number of imidazole rings is 1. The highest BCUT2D eigenvalue weighted by Gasteiger charge is 2.15. The summed E-state index contributed by atoms with van der Waals surface area (Å²) in [6, 6.07) is 4.61. The molecule has 0 aliphatic carbocycles. The molecule has 3 rings (SSSR count). The first-order chi connectivity index (χ1) is 8.83. The molecule has 0 radical (unpaired) electrons. The third-order valence-corrected chi connectivity index (χ3v) is 4.35. The highest BCUT2D eigenvalue weighted by molar-refractivity contribution is 7.08. The minimum Gasteiger partial charge on any atom is -0.382 e. The van der Waals surface area contributed by atoms with Gasteiger partial charge in [0.2, 0.25) is 0 Å². The molecule has 0 spiro atoms. The van der Waals surface area contributed by atoms with Crippen LogP contribution in [0.3, 0.4) is 0 Å². The lowest BCUT2D eigenvalue weighted by Crippen LogP contribution is -2.10. The van der Waals surface area contributed by atoms with Gasteiger partial charge in [-0.15, -0.1) is 0 Å². The van der Waals surface area contributed by atoms with Crippen molar-refractivity contribution in [3.8, 4) is 0 Å². The third-order valence-electron chi connectivity index (χ3n) is 2.92. The third kappa shape index (κ3) is 2.32. The minimum atomic E-state index is 0.274. The Balaban J connectivity index is 1.93. The number of aromatic nitrogens is 2. The highest BCUT2D eigenvalue weighted by atomic mass is 32.1. The lowest BCUT2D eigenvalue weighted by atomic mass is 10.0. The Labute approximate surface area is 114 Å². The number of thiophene rings is 2. The predicted molar refractivity (Wildman–Crippen MR) is 77.1 cm³/mol. The summed E-state index contributed by atoms with van der Waals surface area (Å²) in [6.45, 7) is 0. The zero-order valence-corrected chi connectivity index (χ0v) is 11.3. The van der Waals surface area contributed by atoms with Crippen molar-refractivity contribution in [2.45, 2.75) is 12.5 Å². The molecule has 3 heterocycles. The van der Waals surface area contributed by atoms with E-state index < -0.39 is 0 Å². The van der Waals surface area contributed by atoms with E-state index in [1.54, 1.807) is 22.7 Å². The van der Waals surface area contributed by atoms with Gasteiger partial charge in [-0.2, -0.15) is 22.7 Å². The van der Waals surface area contributed by atoms with Crippen molar-refractivity contribution < 1.29 is 0 Å².